The van der Waals surface area contributed by atoms with Crippen molar-refractivity contribution < 1.29 is 9.59 Å². The Morgan fingerprint density at radius 2 is 2.00 bits per heavy atom. The largest absolute Gasteiger partial charge is 0.347 e. The summed E-state index contributed by atoms with van der Waals surface area (Å²) >= 11 is 0. The van der Waals surface area contributed by atoms with Crippen LogP contribution in [0.1, 0.15) is 37.3 Å². The molecule has 1 aliphatic rings. The van der Waals surface area contributed by atoms with E-state index in [1.54, 1.807) is 0 Å². The predicted octanol–water partition coefficient (Wildman–Crippen LogP) is 1.63. The average Bonchev–Trinajstić information content (AvgIpc) is 2.59. The summed E-state index contributed by atoms with van der Waals surface area (Å²) in [5.74, 6) is 0.492. The summed E-state index contributed by atoms with van der Waals surface area (Å²) in [6, 6.07) is 8.26. The van der Waals surface area contributed by atoms with Gasteiger partial charge in [-0.3, -0.25) is 9.59 Å². The van der Waals surface area contributed by atoms with Crippen molar-refractivity contribution in [1.82, 2.24) is 10.2 Å². The van der Waals surface area contributed by atoms with E-state index in [9.17, 15) is 9.59 Å². The van der Waals surface area contributed by atoms with E-state index < -0.39 is 0 Å². The van der Waals surface area contributed by atoms with E-state index in [4.69, 9.17) is 5.73 Å². The van der Waals surface area contributed by atoms with Gasteiger partial charge in [-0.05, 0) is 37.7 Å². The number of aryl methyl sites for hydroxylation is 2. The SMILES string of the molecule is Cc1ccc(CCC(=O)NCC(=O)N2CCC(C)CC2CN)cc1. The molecule has 5 heteroatoms. The van der Waals surface area contributed by atoms with Crippen molar-refractivity contribution in [2.45, 2.75) is 45.6 Å². The van der Waals surface area contributed by atoms with Crippen LogP contribution >= 0.6 is 0 Å². The van der Waals surface area contributed by atoms with Crippen molar-refractivity contribution in [2.75, 3.05) is 19.6 Å². The number of nitrogens with one attached hydrogen (secondary N) is 1. The Bertz CT molecular complexity index is 556. The topological polar surface area (TPSA) is 75.4 Å². The number of rotatable bonds is 6. The summed E-state index contributed by atoms with van der Waals surface area (Å²) in [6.45, 7) is 5.52. The van der Waals surface area contributed by atoms with Crippen molar-refractivity contribution in [3.8, 4) is 0 Å². The molecule has 3 N–H and O–H groups in total. The molecule has 0 spiro atoms. The van der Waals surface area contributed by atoms with E-state index in [-0.39, 0.29) is 24.4 Å². The fourth-order valence-electron chi connectivity index (χ4n) is 3.18. The lowest BCUT2D eigenvalue weighted by molar-refractivity contribution is -0.136. The maximum Gasteiger partial charge on any atom is 0.242 e. The summed E-state index contributed by atoms with van der Waals surface area (Å²) in [7, 11) is 0. The Morgan fingerprint density at radius 1 is 1.29 bits per heavy atom. The Kier molecular flexibility index (Phi) is 6.79. The van der Waals surface area contributed by atoms with Crippen LogP contribution in [0, 0.1) is 12.8 Å². The molecular weight excluding hydrogens is 302 g/mol. The highest BCUT2D eigenvalue weighted by molar-refractivity contribution is 5.85. The number of amides is 2. The first-order valence-corrected chi connectivity index (χ1v) is 8.81. The number of hydrogen-bond donors (Lipinski definition) is 2. The molecule has 1 aromatic rings. The number of nitrogens with zero attached hydrogens (tertiary/aromatic N) is 1. The van der Waals surface area contributed by atoms with E-state index in [1.165, 1.54) is 5.56 Å². The van der Waals surface area contributed by atoms with Crippen LogP contribution in [-0.2, 0) is 16.0 Å². The van der Waals surface area contributed by atoms with Gasteiger partial charge in [-0.2, -0.15) is 0 Å². The Hall–Kier alpha value is -1.88. The molecule has 24 heavy (non-hydrogen) atoms. The molecule has 2 unspecified atom stereocenters. The number of carbonyl (C=O) groups excluding carboxylic acids is 2. The molecule has 0 bridgehead atoms. The quantitative estimate of drug-likeness (QED) is 0.832. The summed E-state index contributed by atoms with van der Waals surface area (Å²) in [5, 5.41) is 2.75. The molecule has 1 saturated heterocycles. The van der Waals surface area contributed by atoms with Crippen LogP contribution in [0.2, 0.25) is 0 Å². The first-order chi connectivity index (χ1) is 11.5. The lowest BCUT2D eigenvalue weighted by atomic mass is 9.92. The lowest BCUT2D eigenvalue weighted by Crippen LogP contribution is -2.52. The number of likely N-dealkylation sites (tertiary alicyclic amines) is 1. The maximum absolute atomic E-state index is 12.3. The fourth-order valence-corrected chi connectivity index (χ4v) is 3.18. The van der Waals surface area contributed by atoms with Crippen LogP contribution < -0.4 is 11.1 Å². The molecule has 1 fully saturated rings. The smallest absolute Gasteiger partial charge is 0.242 e. The normalized spacial score (nSPS) is 20.7. The highest BCUT2D eigenvalue weighted by Crippen LogP contribution is 2.21. The fraction of sp³-hybridized carbons (Fsp3) is 0.579. The van der Waals surface area contributed by atoms with Crippen LogP contribution in [0.15, 0.2) is 24.3 Å². The molecule has 0 saturated carbocycles. The second kappa shape index (κ2) is 8.83. The standard InChI is InChI=1S/C19H29N3O2/c1-14-3-5-16(6-4-14)7-8-18(23)21-13-19(24)22-10-9-15(2)11-17(22)12-20/h3-6,15,17H,7-13,20H2,1-2H3,(H,21,23). The molecule has 2 atom stereocenters. The first-order valence-electron chi connectivity index (χ1n) is 8.81. The van der Waals surface area contributed by atoms with Crippen LogP contribution in [0.4, 0.5) is 0 Å². The number of benzene rings is 1. The zero-order valence-electron chi connectivity index (χ0n) is 14.8. The van der Waals surface area contributed by atoms with E-state index in [0.29, 0.717) is 25.3 Å². The van der Waals surface area contributed by atoms with E-state index >= 15 is 0 Å². The van der Waals surface area contributed by atoms with Crippen molar-refractivity contribution in [3.63, 3.8) is 0 Å². The van der Waals surface area contributed by atoms with Crippen LogP contribution in [-0.4, -0.2) is 42.4 Å². The molecule has 1 aromatic carbocycles. The van der Waals surface area contributed by atoms with Gasteiger partial charge < -0.3 is 16.0 Å². The van der Waals surface area contributed by atoms with Gasteiger partial charge in [0.1, 0.15) is 0 Å². The van der Waals surface area contributed by atoms with Crippen molar-refractivity contribution in [3.05, 3.63) is 35.4 Å². The molecule has 0 radical (unpaired) electrons. The van der Waals surface area contributed by atoms with Crippen molar-refractivity contribution in [1.29, 1.82) is 0 Å². The van der Waals surface area contributed by atoms with Gasteiger partial charge in [-0.25, -0.2) is 0 Å². The van der Waals surface area contributed by atoms with E-state index in [1.807, 2.05) is 36.1 Å². The molecule has 1 aliphatic heterocycles. The molecule has 2 amide bonds. The van der Waals surface area contributed by atoms with Crippen LogP contribution in [0.3, 0.4) is 0 Å². The summed E-state index contributed by atoms with van der Waals surface area (Å²) in [4.78, 5) is 26.1. The van der Waals surface area contributed by atoms with Crippen LogP contribution in [0.5, 0.6) is 0 Å². The third-order valence-electron chi connectivity index (χ3n) is 4.77. The predicted molar refractivity (Wildman–Crippen MR) is 95.5 cm³/mol. The minimum atomic E-state index is -0.0846. The Morgan fingerprint density at radius 3 is 2.67 bits per heavy atom. The lowest BCUT2D eigenvalue weighted by Gasteiger charge is -2.38. The van der Waals surface area contributed by atoms with Gasteiger partial charge in [-0.15, -0.1) is 0 Å². The van der Waals surface area contributed by atoms with Gasteiger partial charge in [0.2, 0.25) is 11.8 Å². The second-order valence-electron chi connectivity index (χ2n) is 6.87. The molecule has 0 aliphatic carbocycles. The molecule has 132 valence electrons. The van der Waals surface area contributed by atoms with E-state index in [0.717, 1.165) is 24.9 Å². The van der Waals surface area contributed by atoms with Gasteiger partial charge in [0.25, 0.3) is 0 Å². The molecule has 2 rings (SSSR count). The maximum atomic E-state index is 12.3. The third-order valence-corrected chi connectivity index (χ3v) is 4.77. The van der Waals surface area contributed by atoms with Gasteiger partial charge in [0, 0.05) is 25.6 Å². The zero-order chi connectivity index (χ0) is 17.5. The molecular formula is C19H29N3O2. The number of carbonyl (C=O) groups is 2. The third kappa shape index (κ3) is 5.34. The number of hydrogen-bond acceptors (Lipinski definition) is 3. The molecule has 5 nitrogen and oxygen atoms in total. The first kappa shape index (κ1) is 18.5. The van der Waals surface area contributed by atoms with E-state index in [2.05, 4.69) is 12.2 Å². The van der Waals surface area contributed by atoms with Crippen molar-refractivity contribution in [2.24, 2.45) is 11.7 Å². The van der Waals surface area contributed by atoms with Gasteiger partial charge in [0.15, 0.2) is 0 Å². The summed E-state index contributed by atoms with van der Waals surface area (Å²) in [5.41, 5.74) is 8.13. The number of piperidine rings is 1. The highest BCUT2D eigenvalue weighted by atomic mass is 16.2. The van der Waals surface area contributed by atoms with Crippen molar-refractivity contribution >= 4 is 11.8 Å². The average molecular weight is 331 g/mol. The zero-order valence-corrected chi connectivity index (χ0v) is 14.8. The minimum Gasteiger partial charge on any atom is -0.347 e. The minimum absolute atomic E-state index is 0.0268. The summed E-state index contributed by atoms with van der Waals surface area (Å²) in [6.07, 6.45) is 3.04. The summed E-state index contributed by atoms with van der Waals surface area (Å²) < 4.78 is 0. The highest BCUT2D eigenvalue weighted by Gasteiger charge is 2.28. The monoisotopic (exact) mass is 331 g/mol. The van der Waals surface area contributed by atoms with Gasteiger partial charge >= 0.3 is 0 Å². The Balaban J connectivity index is 1.74. The second-order valence-corrected chi connectivity index (χ2v) is 6.87. The van der Waals surface area contributed by atoms with Crippen LogP contribution in [0.25, 0.3) is 0 Å². The van der Waals surface area contributed by atoms with Gasteiger partial charge in [-0.1, -0.05) is 36.8 Å². The van der Waals surface area contributed by atoms with Gasteiger partial charge in [0.05, 0.1) is 6.54 Å². The molecule has 0 aromatic heterocycles. The Labute approximate surface area is 144 Å². The number of nitrogens with two attached hydrogens (primary N) is 1. The molecule has 1 heterocycles.